The highest BCUT2D eigenvalue weighted by molar-refractivity contribution is 5.94. The molecule has 0 amide bonds. The van der Waals surface area contributed by atoms with Crippen molar-refractivity contribution >= 4 is 22.6 Å². The van der Waals surface area contributed by atoms with Crippen LogP contribution in [0.3, 0.4) is 0 Å². The highest BCUT2D eigenvalue weighted by atomic mass is 16.4. The van der Waals surface area contributed by atoms with Crippen LogP contribution in [0.4, 0.5) is 5.69 Å². The number of anilines is 1. The number of carbonyl (C=O) groups is 1. The summed E-state index contributed by atoms with van der Waals surface area (Å²) in [5.41, 5.74) is 5.73. The van der Waals surface area contributed by atoms with Gasteiger partial charge in [0.15, 0.2) is 5.43 Å². The van der Waals surface area contributed by atoms with Crippen LogP contribution >= 0.6 is 0 Å². The molecule has 0 unspecified atom stereocenters. The first-order valence-corrected chi connectivity index (χ1v) is 11.6. The molecule has 0 radical (unpaired) electrons. The second kappa shape index (κ2) is 9.19. The molecule has 0 aliphatic carbocycles. The monoisotopic (exact) mass is 479 g/mol. The van der Waals surface area contributed by atoms with Crippen LogP contribution in [0.15, 0.2) is 82.1 Å². The lowest BCUT2D eigenvalue weighted by Crippen LogP contribution is -2.14. The third-order valence-corrected chi connectivity index (χ3v) is 6.31. The molecular weight excluding hydrogens is 454 g/mol. The smallest absolute Gasteiger partial charge is 0.337 e. The molecular formula is C29H25N3O4. The summed E-state index contributed by atoms with van der Waals surface area (Å²) < 4.78 is 6.47. The SMILES string of the molecule is Cc1cc([C@@H](C)Nc2ccccc2C(=O)O)c2oc(-c3cccc(-c4cc[nH]n4)c3)c(C)c(=O)c2c1. The molecule has 3 aromatic carbocycles. The molecule has 7 heteroatoms. The Labute approximate surface area is 207 Å². The molecule has 1 atom stereocenters. The second-order valence-corrected chi connectivity index (χ2v) is 8.87. The topological polar surface area (TPSA) is 108 Å². The maximum absolute atomic E-state index is 13.5. The van der Waals surface area contributed by atoms with Crippen LogP contribution in [0.2, 0.25) is 0 Å². The third-order valence-electron chi connectivity index (χ3n) is 6.31. The van der Waals surface area contributed by atoms with E-state index in [9.17, 15) is 14.7 Å². The summed E-state index contributed by atoms with van der Waals surface area (Å²) >= 11 is 0. The van der Waals surface area contributed by atoms with E-state index in [0.717, 1.165) is 27.9 Å². The van der Waals surface area contributed by atoms with Gasteiger partial charge in [0.25, 0.3) is 0 Å². The number of nitrogens with zero attached hydrogens (tertiary/aromatic N) is 1. The number of carboxylic acids is 1. The Morgan fingerprint density at radius 3 is 2.56 bits per heavy atom. The standard InChI is InChI=1S/C29H25N3O4/c1-16-13-22(18(3)31-25-10-5-4-9-21(25)29(34)35)28-23(14-16)26(33)17(2)27(36-28)20-8-6-7-19(15-20)24-11-12-30-32-24/h4-15,18,31H,1-3H3,(H,30,32)(H,34,35)/t18-/m1/s1. The van der Waals surface area contributed by atoms with Crippen LogP contribution in [0, 0.1) is 13.8 Å². The molecule has 0 aliphatic heterocycles. The van der Waals surface area contributed by atoms with Gasteiger partial charge in [0.1, 0.15) is 11.3 Å². The number of carboxylic acid groups (broad SMARTS) is 1. The van der Waals surface area contributed by atoms with Gasteiger partial charge in [-0.15, -0.1) is 0 Å². The lowest BCUT2D eigenvalue weighted by Gasteiger charge is -2.20. The maximum Gasteiger partial charge on any atom is 0.337 e. The van der Waals surface area contributed by atoms with Crippen molar-refractivity contribution in [3.63, 3.8) is 0 Å². The van der Waals surface area contributed by atoms with E-state index in [1.165, 1.54) is 0 Å². The fourth-order valence-electron chi connectivity index (χ4n) is 4.51. The molecule has 0 spiro atoms. The zero-order valence-corrected chi connectivity index (χ0v) is 20.1. The second-order valence-electron chi connectivity index (χ2n) is 8.87. The number of aromatic amines is 1. The minimum absolute atomic E-state index is 0.0977. The van der Waals surface area contributed by atoms with Gasteiger partial charge in [0, 0.05) is 34.1 Å². The molecule has 180 valence electrons. The molecule has 0 saturated heterocycles. The van der Waals surface area contributed by atoms with Crippen molar-refractivity contribution in [3.8, 4) is 22.6 Å². The van der Waals surface area contributed by atoms with Gasteiger partial charge in [-0.25, -0.2) is 4.79 Å². The Bertz CT molecular complexity index is 1650. The summed E-state index contributed by atoms with van der Waals surface area (Å²) in [5.74, 6) is -0.520. The van der Waals surface area contributed by atoms with Crippen molar-refractivity contribution in [2.24, 2.45) is 0 Å². The number of hydrogen-bond acceptors (Lipinski definition) is 5. The van der Waals surface area contributed by atoms with Crippen LogP contribution < -0.4 is 10.7 Å². The fraction of sp³-hybridized carbons (Fsp3) is 0.138. The number of aromatic nitrogens is 2. The zero-order valence-electron chi connectivity index (χ0n) is 20.1. The van der Waals surface area contributed by atoms with E-state index >= 15 is 0 Å². The summed E-state index contributed by atoms with van der Waals surface area (Å²) in [4.78, 5) is 25.2. The fourth-order valence-corrected chi connectivity index (χ4v) is 4.51. The predicted molar refractivity (Wildman–Crippen MR) is 140 cm³/mol. The van der Waals surface area contributed by atoms with Gasteiger partial charge >= 0.3 is 5.97 Å². The summed E-state index contributed by atoms with van der Waals surface area (Å²) in [7, 11) is 0. The summed E-state index contributed by atoms with van der Waals surface area (Å²) in [5, 5.41) is 20.4. The summed E-state index contributed by atoms with van der Waals surface area (Å²) in [6.07, 6.45) is 1.76. The van der Waals surface area contributed by atoms with Gasteiger partial charge in [-0.2, -0.15) is 5.10 Å². The number of fused-ring (bicyclic) bond motifs is 1. The molecule has 0 aliphatic rings. The first-order valence-electron chi connectivity index (χ1n) is 11.6. The van der Waals surface area contributed by atoms with E-state index in [0.29, 0.717) is 28.0 Å². The van der Waals surface area contributed by atoms with E-state index in [-0.39, 0.29) is 17.0 Å². The molecule has 0 bridgehead atoms. The molecule has 2 heterocycles. The first kappa shape index (κ1) is 23.1. The Hall–Kier alpha value is -4.65. The Morgan fingerprint density at radius 2 is 1.81 bits per heavy atom. The van der Waals surface area contributed by atoms with Crippen molar-refractivity contribution in [3.05, 3.63) is 105 Å². The van der Waals surface area contributed by atoms with Crippen molar-refractivity contribution in [2.45, 2.75) is 26.8 Å². The van der Waals surface area contributed by atoms with Gasteiger partial charge in [0.2, 0.25) is 0 Å². The van der Waals surface area contributed by atoms with Gasteiger partial charge in [-0.1, -0.05) is 36.4 Å². The third kappa shape index (κ3) is 4.15. The minimum Gasteiger partial charge on any atom is -0.478 e. The van der Waals surface area contributed by atoms with E-state index in [4.69, 9.17) is 4.42 Å². The van der Waals surface area contributed by atoms with Crippen LogP contribution in [-0.2, 0) is 0 Å². The Balaban J connectivity index is 1.66. The highest BCUT2D eigenvalue weighted by Crippen LogP contribution is 2.33. The quantitative estimate of drug-likeness (QED) is 0.262. The van der Waals surface area contributed by atoms with E-state index in [1.54, 1.807) is 37.4 Å². The van der Waals surface area contributed by atoms with Gasteiger partial charge < -0.3 is 14.8 Å². The van der Waals surface area contributed by atoms with E-state index in [1.807, 2.05) is 56.3 Å². The summed E-state index contributed by atoms with van der Waals surface area (Å²) in [6, 6.07) is 19.8. The number of aryl methyl sites for hydroxylation is 1. The van der Waals surface area contributed by atoms with Crippen LogP contribution in [0.5, 0.6) is 0 Å². The molecule has 36 heavy (non-hydrogen) atoms. The van der Waals surface area contributed by atoms with Crippen molar-refractivity contribution in [2.75, 3.05) is 5.32 Å². The van der Waals surface area contributed by atoms with E-state index in [2.05, 4.69) is 15.5 Å². The zero-order chi connectivity index (χ0) is 25.4. The lowest BCUT2D eigenvalue weighted by molar-refractivity contribution is 0.0698. The minimum atomic E-state index is -1.01. The Kier molecular flexibility index (Phi) is 5.90. The molecule has 7 nitrogen and oxygen atoms in total. The first-order chi connectivity index (χ1) is 17.3. The number of para-hydroxylation sites is 1. The molecule has 2 aromatic heterocycles. The number of H-pyrrole nitrogens is 1. The van der Waals surface area contributed by atoms with Crippen LogP contribution in [0.1, 0.15) is 40.0 Å². The van der Waals surface area contributed by atoms with E-state index < -0.39 is 5.97 Å². The lowest BCUT2D eigenvalue weighted by atomic mass is 9.98. The number of nitrogens with one attached hydrogen (secondary N) is 2. The molecule has 5 rings (SSSR count). The van der Waals surface area contributed by atoms with Crippen LogP contribution in [0.25, 0.3) is 33.6 Å². The number of rotatable bonds is 6. The summed E-state index contributed by atoms with van der Waals surface area (Å²) in [6.45, 7) is 5.62. The molecule has 0 saturated carbocycles. The predicted octanol–water partition coefficient (Wildman–Crippen LogP) is 6.34. The number of hydrogen-bond donors (Lipinski definition) is 3. The normalized spacial score (nSPS) is 12.0. The van der Waals surface area contributed by atoms with Crippen molar-refractivity contribution in [1.82, 2.24) is 10.2 Å². The Morgan fingerprint density at radius 1 is 1.03 bits per heavy atom. The van der Waals surface area contributed by atoms with Gasteiger partial charge in [-0.3, -0.25) is 9.89 Å². The van der Waals surface area contributed by atoms with Crippen LogP contribution in [-0.4, -0.2) is 21.3 Å². The maximum atomic E-state index is 13.5. The van der Waals surface area contributed by atoms with Gasteiger partial charge in [-0.05, 0) is 56.7 Å². The van der Waals surface area contributed by atoms with Gasteiger partial charge in [0.05, 0.1) is 22.7 Å². The number of aromatic carboxylic acids is 1. The molecule has 0 fully saturated rings. The highest BCUT2D eigenvalue weighted by Gasteiger charge is 2.20. The van der Waals surface area contributed by atoms with Crippen molar-refractivity contribution < 1.29 is 14.3 Å². The largest absolute Gasteiger partial charge is 0.478 e. The molecule has 5 aromatic rings. The average molecular weight is 480 g/mol. The average Bonchev–Trinajstić information content (AvgIpc) is 3.41. The molecule has 3 N–H and O–H groups in total. The number of benzene rings is 3. The van der Waals surface area contributed by atoms with Crippen molar-refractivity contribution in [1.29, 1.82) is 0 Å².